The van der Waals surface area contributed by atoms with Crippen LogP contribution in [0.4, 0.5) is 15.8 Å². The molecule has 2 heterocycles. The molecule has 2 atom stereocenters. The molecule has 0 aromatic heterocycles. The molecule has 1 spiro atoms. The Labute approximate surface area is 203 Å². The van der Waals surface area contributed by atoms with Crippen LogP contribution < -0.4 is 9.80 Å². The van der Waals surface area contributed by atoms with Gasteiger partial charge in [0.25, 0.3) is 5.91 Å². The van der Waals surface area contributed by atoms with Gasteiger partial charge in [0.05, 0.1) is 12.2 Å². The molecule has 5 heteroatoms. The summed E-state index contributed by atoms with van der Waals surface area (Å²) in [5.41, 5.74) is 2.77. The van der Waals surface area contributed by atoms with Gasteiger partial charge in [0.2, 0.25) is 5.91 Å². The monoisotopic (exact) mass is 462 g/mol. The topological polar surface area (TPSA) is 40.6 Å². The average molecular weight is 463 g/mol. The van der Waals surface area contributed by atoms with Crippen LogP contribution in [0.5, 0.6) is 0 Å². The Balaban J connectivity index is 1.59. The summed E-state index contributed by atoms with van der Waals surface area (Å²) in [6.07, 6.45) is 0.181. The van der Waals surface area contributed by atoms with Gasteiger partial charge in [-0.2, -0.15) is 0 Å². The summed E-state index contributed by atoms with van der Waals surface area (Å²) in [4.78, 5) is 31.7. The van der Waals surface area contributed by atoms with E-state index in [1.54, 1.807) is 21.9 Å². The molecule has 2 aliphatic rings. The van der Waals surface area contributed by atoms with Gasteiger partial charge >= 0.3 is 0 Å². The van der Waals surface area contributed by atoms with Crippen LogP contribution in [0.1, 0.15) is 29.0 Å². The van der Waals surface area contributed by atoms with Crippen LogP contribution in [0.15, 0.2) is 109 Å². The van der Waals surface area contributed by atoms with E-state index in [-0.39, 0.29) is 18.2 Å². The number of amides is 2. The molecule has 1 fully saturated rings. The minimum atomic E-state index is -1.26. The Bertz CT molecular complexity index is 1410. The van der Waals surface area contributed by atoms with Crippen molar-refractivity contribution < 1.29 is 14.0 Å². The molecule has 0 bridgehead atoms. The van der Waals surface area contributed by atoms with Crippen molar-refractivity contribution in [3.63, 3.8) is 0 Å². The third-order valence-corrected chi connectivity index (χ3v) is 7.13. The van der Waals surface area contributed by atoms with Crippen molar-refractivity contribution in [3.05, 3.63) is 132 Å². The Morgan fingerprint density at radius 2 is 1.40 bits per heavy atom. The first-order valence-electron chi connectivity index (χ1n) is 11.7. The number of nitrogens with zero attached hydrogens (tertiary/aromatic N) is 2. The van der Waals surface area contributed by atoms with Crippen molar-refractivity contribution in [2.24, 2.45) is 0 Å². The Morgan fingerprint density at radius 3 is 2.11 bits per heavy atom. The number of anilines is 2. The highest BCUT2D eigenvalue weighted by atomic mass is 19.1. The molecule has 0 saturated carbocycles. The van der Waals surface area contributed by atoms with Gasteiger partial charge < -0.3 is 4.90 Å². The zero-order valence-electron chi connectivity index (χ0n) is 19.0. The average Bonchev–Trinajstić information content (AvgIpc) is 3.33. The van der Waals surface area contributed by atoms with Crippen molar-refractivity contribution in [2.75, 3.05) is 9.80 Å². The highest BCUT2D eigenvalue weighted by Crippen LogP contribution is 2.58. The molecule has 2 unspecified atom stereocenters. The highest BCUT2D eigenvalue weighted by molar-refractivity contribution is 6.17. The van der Waals surface area contributed by atoms with Crippen molar-refractivity contribution in [1.82, 2.24) is 0 Å². The van der Waals surface area contributed by atoms with Gasteiger partial charge in [0.1, 0.15) is 5.82 Å². The summed E-state index contributed by atoms with van der Waals surface area (Å²) >= 11 is 0. The van der Waals surface area contributed by atoms with E-state index < -0.39 is 17.3 Å². The molecule has 6 rings (SSSR count). The quantitative estimate of drug-likeness (QED) is 0.385. The smallest absolute Gasteiger partial charge is 0.259 e. The predicted molar refractivity (Wildman–Crippen MR) is 133 cm³/mol. The van der Waals surface area contributed by atoms with Gasteiger partial charge in [0.15, 0.2) is 5.54 Å². The minimum Gasteiger partial charge on any atom is -0.305 e. The zero-order valence-corrected chi connectivity index (χ0v) is 19.0. The first kappa shape index (κ1) is 21.3. The summed E-state index contributed by atoms with van der Waals surface area (Å²) in [5, 5.41) is 0. The SMILES string of the molecule is O=C1CC(c2ccccc2)C2(C(=O)N(Cc3ccccc3)c3ccccc32)N1c1ccc(F)cc1. The summed E-state index contributed by atoms with van der Waals surface area (Å²) in [7, 11) is 0. The molecule has 4 aromatic rings. The van der Waals surface area contributed by atoms with Crippen LogP contribution >= 0.6 is 0 Å². The molecule has 0 radical (unpaired) electrons. The summed E-state index contributed by atoms with van der Waals surface area (Å²) < 4.78 is 13.8. The van der Waals surface area contributed by atoms with E-state index in [1.165, 1.54) is 12.1 Å². The Hall–Kier alpha value is -4.25. The van der Waals surface area contributed by atoms with Gasteiger partial charge in [0, 0.05) is 23.6 Å². The van der Waals surface area contributed by atoms with Crippen LogP contribution in [0.2, 0.25) is 0 Å². The zero-order chi connectivity index (χ0) is 24.0. The Morgan fingerprint density at radius 1 is 0.771 bits per heavy atom. The van der Waals surface area contributed by atoms with E-state index in [0.29, 0.717) is 12.2 Å². The van der Waals surface area contributed by atoms with E-state index >= 15 is 0 Å². The second kappa shape index (κ2) is 8.20. The number of carbonyl (C=O) groups excluding carboxylic acids is 2. The van der Waals surface area contributed by atoms with E-state index in [0.717, 1.165) is 22.4 Å². The molecular weight excluding hydrogens is 439 g/mol. The number of carbonyl (C=O) groups is 2. The molecule has 1 saturated heterocycles. The highest BCUT2D eigenvalue weighted by Gasteiger charge is 2.65. The molecule has 172 valence electrons. The third-order valence-electron chi connectivity index (χ3n) is 7.13. The summed E-state index contributed by atoms with van der Waals surface area (Å²) in [6.45, 7) is 0.394. The fourth-order valence-corrected chi connectivity index (χ4v) is 5.69. The Kier molecular flexibility index (Phi) is 4.99. The maximum Gasteiger partial charge on any atom is 0.259 e. The van der Waals surface area contributed by atoms with Gasteiger partial charge in [-0.25, -0.2) is 4.39 Å². The predicted octanol–water partition coefficient (Wildman–Crippen LogP) is 5.79. The first-order chi connectivity index (χ1) is 17.1. The molecule has 4 aromatic carbocycles. The molecular formula is C30H23FN2O2. The second-order valence-electron chi connectivity index (χ2n) is 9.03. The standard InChI is InChI=1S/C30H23FN2O2/c31-23-15-17-24(18-16-23)33-28(34)19-26(22-11-5-2-6-12-22)30(33)25-13-7-8-14-27(25)32(29(30)35)20-21-9-3-1-4-10-21/h1-18,26H,19-20H2. The molecule has 0 N–H and O–H groups in total. The lowest BCUT2D eigenvalue weighted by atomic mass is 9.75. The van der Waals surface area contributed by atoms with E-state index in [9.17, 15) is 14.0 Å². The van der Waals surface area contributed by atoms with Crippen LogP contribution in [-0.4, -0.2) is 11.8 Å². The third kappa shape index (κ3) is 3.19. The first-order valence-corrected chi connectivity index (χ1v) is 11.7. The maximum absolute atomic E-state index is 14.6. The lowest BCUT2D eigenvalue weighted by molar-refractivity contribution is -0.125. The van der Waals surface area contributed by atoms with E-state index in [2.05, 4.69) is 0 Å². The maximum atomic E-state index is 14.6. The molecule has 2 amide bonds. The summed E-state index contributed by atoms with van der Waals surface area (Å²) in [5.74, 6) is -1.09. The number of para-hydroxylation sites is 1. The number of rotatable bonds is 4. The van der Waals surface area contributed by atoms with Gasteiger partial charge in [-0.05, 0) is 41.5 Å². The summed E-state index contributed by atoms with van der Waals surface area (Å²) in [6, 6.07) is 33.1. The number of benzene rings is 4. The second-order valence-corrected chi connectivity index (χ2v) is 9.03. The van der Waals surface area contributed by atoms with Gasteiger partial charge in [-0.1, -0.05) is 78.9 Å². The van der Waals surface area contributed by atoms with Crippen LogP contribution in [0, 0.1) is 5.82 Å². The molecule has 0 aliphatic carbocycles. The van der Waals surface area contributed by atoms with Crippen LogP contribution in [0.3, 0.4) is 0 Å². The number of halogens is 1. The van der Waals surface area contributed by atoms with Crippen LogP contribution in [-0.2, 0) is 21.7 Å². The lowest BCUT2D eigenvalue weighted by Crippen LogP contribution is -2.53. The molecule has 4 nitrogen and oxygen atoms in total. The van der Waals surface area contributed by atoms with E-state index in [1.807, 2.05) is 84.9 Å². The number of fused-ring (bicyclic) bond motifs is 2. The van der Waals surface area contributed by atoms with Crippen molar-refractivity contribution in [1.29, 1.82) is 0 Å². The van der Waals surface area contributed by atoms with Gasteiger partial charge in [-0.15, -0.1) is 0 Å². The normalized spacial score (nSPS) is 21.1. The van der Waals surface area contributed by atoms with Crippen molar-refractivity contribution in [3.8, 4) is 0 Å². The molecule has 2 aliphatic heterocycles. The fraction of sp³-hybridized carbons (Fsp3) is 0.133. The van der Waals surface area contributed by atoms with Crippen molar-refractivity contribution >= 4 is 23.2 Å². The minimum absolute atomic E-state index is 0.147. The van der Waals surface area contributed by atoms with Crippen molar-refractivity contribution in [2.45, 2.75) is 24.4 Å². The number of hydrogen-bond donors (Lipinski definition) is 0. The number of hydrogen-bond acceptors (Lipinski definition) is 2. The lowest BCUT2D eigenvalue weighted by Gasteiger charge is -2.38. The largest absolute Gasteiger partial charge is 0.305 e. The van der Waals surface area contributed by atoms with Gasteiger partial charge in [-0.3, -0.25) is 14.5 Å². The van der Waals surface area contributed by atoms with E-state index in [4.69, 9.17) is 0 Å². The fourth-order valence-electron chi connectivity index (χ4n) is 5.69. The van der Waals surface area contributed by atoms with Crippen LogP contribution in [0.25, 0.3) is 0 Å². The molecule has 35 heavy (non-hydrogen) atoms.